The molecule has 1 aromatic carbocycles. The van der Waals surface area contributed by atoms with Crippen LogP contribution < -0.4 is 0 Å². The van der Waals surface area contributed by atoms with E-state index in [-0.39, 0.29) is 0 Å². The molecule has 0 radical (unpaired) electrons. The second-order valence-electron chi connectivity index (χ2n) is 8.14. The molecule has 1 aromatic rings. The number of benzene rings is 1. The van der Waals surface area contributed by atoms with Gasteiger partial charge in [-0.25, -0.2) is 0 Å². The van der Waals surface area contributed by atoms with E-state index in [1.165, 1.54) is 69.2 Å². The quantitative estimate of drug-likeness (QED) is 0.689. The highest BCUT2D eigenvalue weighted by molar-refractivity contribution is 5.99. The first-order valence-corrected chi connectivity index (χ1v) is 10.2. The number of ketones is 1. The molecule has 2 atom stereocenters. The molecule has 0 aromatic heterocycles. The number of carbonyl (C=O) groups is 1. The Labute approximate surface area is 146 Å². The molecule has 2 saturated carbocycles. The van der Waals surface area contributed by atoms with Crippen LogP contribution in [0.4, 0.5) is 0 Å². The molecular formula is C22H31NO. The molecule has 3 fully saturated rings. The molecule has 0 bridgehead atoms. The zero-order chi connectivity index (χ0) is 16.5. The largest absolute Gasteiger partial charge is 0.300 e. The van der Waals surface area contributed by atoms with Crippen molar-refractivity contribution in [3.63, 3.8) is 0 Å². The first-order valence-electron chi connectivity index (χ1n) is 10.2. The van der Waals surface area contributed by atoms with Crippen LogP contribution in [0.2, 0.25) is 0 Å². The first-order chi connectivity index (χ1) is 11.8. The van der Waals surface area contributed by atoms with Crippen LogP contribution in [0.3, 0.4) is 0 Å². The molecule has 2 aliphatic carbocycles. The third-order valence-electron chi connectivity index (χ3n) is 6.54. The van der Waals surface area contributed by atoms with Crippen LogP contribution in [0.25, 0.3) is 0 Å². The Morgan fingerprint density at radius 1 is 1.08 bits per heavy atom. The molecule has 2 heteroatoms. The maximum absolute atomic E-state index is 13.3. The summed E-state index contributed by atoms with van der Waals surface area (Å²) in [4.78, 5) is 16.0. The summed E-state index contributed by atoms with van der Waals surface area (Å²) in [6, 6.07) is 7.23. The van der Waals surface area contributed by atoms with Crippen molar-refractivity contribution >= 4 is 5.78 Å². The Balaban J connectivity index is 1.53. The van der Waals surface area contributed by atoms with Gasteiger partial charge in [-0.2, -0.15) is 0 Å². The number of hydrogen-bond acceptors (Lipinski definition) is 2. The minimum Gasteiger partial charge on any atom is -0.300 e. The molecule has 1 heterocycles. The van der Waals surface area contributed by atoms with E-state index in [2.05, 4.69) is 30.0 Å². The van der Waals surface area contributed by atoms with E-state index in [9.17, 15) is 4.79 Å². The van der Waals surface area contributed by atoms with Crippen molar-refractivity contribution < 1.29 is 4.79 Å². The molecule has 1 aliphatic heterocycles. The van der Waals surface area contributed by atoms with Gasteiger partial charge in [0.15, 0.2) is 5.78 Å². The highest BCUT2D eigenvalue weighted by Gasteiger charge is 2.36. The van der Waals surface area contributed by atoms with Crippen molar-refractivity contribution in [3.05, 3.63) is 34.9 Å². The third kappa shape index (κ3) is 3.18. The summed E-state index contributed by atoms with van der Waals surface area (Å²) in [7, 11) is 0. The highest BCUT2D eigenvalue weighted by atomic mass is 16.1. The predicted molar refractivity (Wildman–Crippen MR) is 98.7 cm³/mol. The predicted octanol–water partition coefficient (Wildman–Crippen LogP) is 4.96. The van der Waals surface area contributed by atoms with Crippen molar-refractivity contribution in [2.45, 2.75) is 76.7 Å². The van der Waals surface area contributed by atoms with Crippen LogP contribution in [0.5, 0.6) is 0 Å². The fourth-order valence-corrected chi connectivity index (χ4v) is 5.14. The van der Waals surface area contributed by atoms with Gasteiger partial charge in [-0.1, -0.05) is 31.5 Å². The Hall–Kier alpha value is -1.15. The van der Waals surface area contributed by atoms with Crippen molar-refractivity contribution in [1.29, 1.82) is 0 Å². The number of Topliss-reactive ketones (excluding diaryl/α,β-unsaturated/α-hetero) is 1. The third-order valence-corrected chi connectivity index (χ3v) is 6.54. The van der Waals surface area contributed by atoms with Crippen LogP contribution in [0.15, 0.2) is 18.2 Å². The molecule has 2 nitrogen and oxygen atoms in total. The van der Waals surface area contributed by atoms with Gasteiger partial charge in [0, 0.05) is 18.0 Å². The van der Waals surface area contributed by atoms with Crippen LogP contribution in [-0.4, -0.2) is 29.8 Å². The molecule has 130 valence electrons. The second kappa shape index (κ2) is 7.00. The van der Waals surface area contributed by atoms with Gasteiger partial charge in [-0.15, -0.1) is 0 Å². The maximum atomic E-state index is 13.3. The van der Waals surface area contributed by atoms with Crippen LogP contribution in [0.1, 0.15) is 85.7 Å². The lowest BCUT2D eigenvalue weighted by molar-refractivity contribution is 0.0928. The van der Waals surface area contributed by atoms with Crippen molar-refractivity contribution in [3.8, 4) is 0 Å². The molecule has 24 heavy (non-hydrogen) atoms. The average molecular weight is 325 g/mol. The number of likely N-dealkylation sites (tertiary alicyclic amines) is 1. The van der Waals surface area contributed by atoms with Gasteiger partial charge in [-0.05, 0) is 81.0 Å². The minimum absolute atomic E-state index is 0.436. The molecule has 1 saturated heterocycles. The summed E-state index contributed by atoms with van der Waals surface area (Å²) in [5, 5.41) is 0. The van der Waals surface area contributed by atoms with Gasteiger partial charge >= 0.3 is 0 Å². The van der Waals surface area contributed by atoms with E-state index in [4.69, 9.17) is 0 Å². The molecule has 0 N–H and O–H groups in total. The van der Waals surface area contributed by atoms with Gasteiger partial charge < -0.3 is 4.90 Å². The van der Waals surface area contributed by atoms with Crippen LogP contribution >= 0.6 is 0 Å². The summed E-state index contributed by atoms with van der Waals surface area (Å²) < 4.78 is 0. The SMILES string of the molecule is CCc1cccc(C2CC2)c1C(=O)C[C@@H]1CCC[C@@H]1N1CCCC1. The van der Waals surface area contributed by atoms with E-state index in [0.29, 0.717) is 23.7 Å². The summed E-state index contributed by atoms with van der Waals surface area (Å²) in [6.45, 7) is 4.70. The Bertz CT molecular complexity index is 598. The highest BCUT2D eigenvalue weighted by Crippen LogP contribution is 2.43. The zero-order valence-electron chi connectivity index (χ0n) is 15.1. The Morgan fingerprint density at radius 3 is 2.58 bits per heavy atom. The van der Waals surface area contributed by atoms with Gasteiger partial charge in [0.05, 0.1) is 0 Å². The molecule has 0 spiro atoms. The fraction of sp³-hybridized carbons (Fsp3) is 0.682. The number of carbonyl (C=O) groups excluding carboxylic acids is 1. The van der Waals surface area contributed by atoms with E-state index in [0.717, 1.165) is 18.4 Å². The number of hydrogen-bond donors (Lipinski definition) is 0. The van der Waals surface area contributed by atoms with Gasteiger partial charge in [0.2, 0.25) is 0 Å². The van der Waals surface area contributed by atoms with E-state index in [1.807, 2.05) is 0 Å². The van der Waals surface area contributed by atoms with E-state index < -0.39 is 0 Å². The van der Waals surface area contributed by atoms with Crippen molar-refractivity contribution in [2.24, 2.45) is 5.92 Å². The summed E-state index contributed by atoms with van der Waals surface area (Å²) in [5.74, 6) is 1.69. The minimum atomic E-state index is 0.436. The topological polar surface area (TPSA) is 20.3 Å². The Kier molecular flexibility index (Phi) is 4.76. The monoisotopic (exact) mass is 325 g/mol. The van der Waals surface area contributed by atoms with Gasteiger partial charge in [0.25, 0.3) is 0 Å². The lowest BCUT2D eigenvalue weighted by atomic mass is 9.87. The van der Waals surface area contributed by atoms with Crippen molar-refractivity contribution in [2.75, 3.05) is 13.1 Å². The summed E-state index contributed by atoms with van der Waals surface area (Å²) in [5.41, 5.74) is 3.74. The molecule has 3 aliphatic rings. The molecule has 0 unspecified atom stereocenters. The number of nitrogens with zero attached hydrogens (tertiary/aromatic N) is 1. The summed E-state index contributed by atoms with van der Waals surface area (Å²) in [6.07, 6.45) is 10.9. The molecular weight excluding hydrogens is 294 g/mol. The summed E-state index contributed by atoms with van der Waals surface area (Å²) >= 11 is 0. The number of aryl methyl sites for hydroxylation is 1. The normalized spacial score (nSPS) is 27.7. The smallest absolute Gasteiger partial charge is 0.163 e. The van der Waals surface area contributed by atoms with Gasteiger partial charge in [-0.3, -0.25) is 4.79 Å². The average Bonchev–Trinajstić information content (AvgIpc) is 3.11. The lowest BCUT2D eigenvalue weighted by Gasteiger charge is -2.29. The molecule has 4 rings (SSSR count). The number of rotatable bonds is 6. The Morgan fingerprint density at radius 2 is 1.88 bits per heavy atom. The van der Waals surface area contributed by atoms with Gasteiger partial charge in [0.1, 0.15) is 0 Å². The fourth-order valence-electron chi connectivity index (χ4n) is 5.14. The van der Waals surface area contributed by atoms with Crippen LogP contribution in [0, 0.1) is 5.92 Å². The van der Waals surface area contributed by atoms with E-state index in [1.54, 1.807) is 0 Å². The lowest BCUT2D eigenvalue weighted by Crippen LogP contribution is -2.36. The zero-order valence-corrected chi connectivity index (χ0v) is 15.1. The van der Waals surface area contributed by atoms with Crippen LogP contribution in [-0.2, 0) is 6.42 Å². The second-order valence-corrected chi connectivity index (χ2v) is 8.14. The molecule has 0 amide bonds. The first kappa shape index (κ1) is 16.3. The standard InChI is InChI=1S/C22H31NO/c1-2-16-7-5-9-19(17-11-12-17)22(16)21(24)15-18-8-6-10-20(18)23-13-3-4-14-23/h5,7,9,17-18,20H,2-4,6,8,10-15H2,1H3/t18-,20-/m0/s1. The van der Waals surface area contributed by atoms with E-state index >= 15 is 0 Å². The maximum Gasteiger partial charge on any atom is 0.163 e. The van der Waals surface area contributed by atoms with Crippen molar-refractivity contribution in [1.82, 2.24) is 4.90 Å².